The molecule has 1 unspecified atom stereocenters. The second-order valence-electron chi connectivity index (χ2n) is 5.28. The average molecular weight is 200 g/mol. The fourth-order valence-electron chi connectivity index (χ4n) is 2.55. The van der Waals surface area contributed by atoms with Gasteiger partial charge in [-0.3, -0.25) is 0 Å². The Bertz CT molecular complexity index is 524. The van der Waals surface area contributed by atoms with Crippen LogP contribution in [0.5, 0.6) is 0 Å². The third-order valence-corrected chi connectivity index (χ3v) is 3.87. The molecule has 2 nitrogen and oxygen atoms in total. The van der Waals surface area contributed by atoms with Crippen LogP contribution in [0.4, 0.5) is 0 Å². The lowest BCUT2D eigenvalue weighted by Gasteiger charge is -2.13. The van der Waals surface area contributed by atoms with Crippen molar-refractivity contribution in [2.45, 2.75) is 25.8 Å². The first-order chi connectivity index (χ1) is 7.05. The molecule has 0 bridgehead atoms. The quantitative estimate of drug-likeness (QED) is 0.730. The standard InChI is InChI=1S/C13H16N2/c1-12(2)8-13(12,14)10-7-15-11-6-4-3-5-9(10)11/h3-7,15H,8,14H2,1-2H3. The summed E-state index contributed by atoms with van der Waals surface area (Å²) >= 11 is 0. The zero-order valence-electron chi connectivity index (χ0n) is 9.17. The van der Waals surface area contributed by atoms with Gasteiger partial charge in [0.25, 0.3) is 0 Å². The minimum Gasteiger partial charge on any atom is -0.361 e. The third-order valence-electron chi connectivity index (χ3n) is 3.87. The Morgan fingerprint density at radius 1 is 1.27 bits per heavy atom. The van der Waals surface area contributed by atoms with Gasteiger partial charge in [0.2, 0.25) is 0 Å². The fourth-order valence-corrected chi connectivity index (χ4v) is 2.55. The van der Waals surface area contributed by atoms with Crippen molar-refractivity contribution in [2.24, 2.45) is 11.1 Å². The minimum absolute atomic E-state index is 0.132. The van der Waals surface area contributed by atoms with Crippen molar-refractivity contribution in [1.29, 1.82) is 0 Å². The molecule has 0 spiro atoms. The number of benzene rings is 1. The van der Waals surface area contributed by atoms with E-state index in [1.807, 2.05) is 6.07 Å². The highest BCUT2D eigenvalue weighted by atomic mass is 14.9. The lowest BCUT2D eigenvalue weighted by atomic mass is 9.97. The predicted molar refractivity (Wildman–Crippen MR) is 62.6 cm³/mol. The van der Waals surface area contributed by atoms with Gasteiger partial charge in [-0.25, -0.2) is 0 Å². The van der Waals surface area contributed by atoms with Crippen LogP contribution in [0.25, 0.3) is 10.9 Å². The van der Waals surface area contributed by atoms with E-state index >= 15 is 0 Å². The summed E-state index contributed by atoms with van der Waals surface area (Å²) < 4.78 is 0. The molecule has 1 aliphatic carbocycles. The highest BCUT2D eigenvalue weighted by Crippen LogP contribution is 2.61. The van der Waals surface area contributed by atoms with E-state index in [9.17, 15) is 0 Å². The van der Waals surface area contributed by atoms with Crippen molar-refractivity contribution in [3.05, 3.63) is 36.0 Å². The van der Waals surface area contributed by atoms with Crippen LogP contribution in [0, 0.1) is 5.41 Å². The Labute approximate surface area is 89.5 Å². The lowest BCUT2D eigenvalue weighted by molar-refractivity contribution is 0.512. The molecule has 1 aromatic carbocycles. The summed E-state index contributed by atoms with van der Waals surface area (Å²) in [6.45, 7) is 4.46. The van der Waals surface area contributed by atoms with Crippen LogP contribution < -0.4 is 5.73 Å². The molecule has 0 saturated heterocycles. The van der Waals surface area contributed by atoms with Crippen molar-refractivity contribution >= 4 is 10.9 Å². The summed E-state index contributed by atoms with van der Waals surface area (Å²) in [5.74, 6) is 0. The van der Waals surface area contributed by atoms with Gasteiger partial charge in [-0.15, -0.1) is 0 Å². The van der Waals surface area contributed by atoms with Gasteiger partial charge in [-0.1, -0.05) is 32.0 Å². The molecule has 1 aromatic heterocycles. The maximum absolute atomic E-state index is 6.44. The number of H-pyrrole nitrogens is 1. The van der Waals surface area contributed by atoms with Crippen LogP contribution in [0.1, 0.15) is 25.8 Å². The third kappa shape index (κ3) is 1.03. The van der Waals surface area contributed by atoms with Crippen molar-refractivity contribution in [3.8, 4) is 0 Å². The van der Waals surface area contributed by atoms with Gasteiger partial charge >= 0.3 is 0 Å². The highest BCUT2D eigenvalue weighted by Gasteiger charge is 2.60. The minimum atomic E-state index is -0.132. The van der Waals surface area contributed by atoms with Gasteiger partial charge in [0.1, 0.15) is 0 Å². The number of rotatable bonds is 1. The van der Waals surface area contributed by atoms with Crippen LogP contribution in [-0.4, -0.2) is 4.98 Å². The van der Waals surface area contributed by atoms with Crippen LogP contribution in [0.2, 0.25) is 0 Å². The van der Waals surface area contributed by atoms with Crippen LogP contribution in [0.3, 0.4) is 0 Å². The molecule has 0 aliphatic heterocycles. The van der Waals surface area contributed by atoms with E-state index in [-0.39, 0.29) is 11.0 Å². The molecular formula is C13H16N2. The molecule has 1 saturated carbocycles. The summed E-state index contributed by atoms with van der Waals surface area (Å²) in [6.07, 6.45) is 3.14. The smallest absolute Gasteiger partial charge is 0.0489 e. The fraction of sp³-hybridized carbons (Fsp3) is 0.385. The maximum Gasteiger partial charge on any atom is 0.0489 e. The monoisotopic (exact) mass is 200 g/mol. The van der Waals surface area contributed by atoms with Gasteiger partial charge < -0.3 is 10.7 Å². The van der Waals surface area contributed by atoms with Gasteiger partial charge in [0.15, 0.2) is 0 Å². The first-order valence-corrected chi connectivity index (χ1v) is 5.40. The highest BCUT2D eigenvalue weighted by molar-refractivity contribution is 5.84. The molecule has 2 heteroatoms. The van der Waals surface area contributed by atoms with Crippen LogP contribution in [0.15, 0.2) is 30.5 Å². The molecule has 15 heavy (non-hydrogen) atoms. The van der Waals surface area contributed by atoms with Gasteiger partial charge in [-0.2, -0.15) is 0 Å². The summed E-state index contributed by atoms with van der Waals surface area (Å²) in [7, 11) is 0. The summed E-state index contributed by atoms with van der Waals surface area (Å²) in [6, 6.07) is 8.35. The molecule has 3 N–H and O–H groups in total. The van der Waals surface area contributed by atoms with E-state index in [1.54, 1.807) is 0 Å². The normalized spacial score (nSPS) is 28.2. The number of aromatic nitrogens is 1. The molecule has 1 fully saturated rings. The Hall–Kier alpha value is -1.28. The number of aromatic amines is 1. The topological polar surface area (TPSA) is 41.8 Å². The molecule has 1 aliphatic rings. The van der Waals surface area contributed by atoms with Gasteiger partial charge in [0.05, 0.1) is 0 Å². The van der Waals surface area contributed by atoms with Crippen LogP contribution >= 0.6 is 0 Å². The lowest BCUT2D eigenvalue weighted by Crippen LogP contribution is -2.25. The average Bonchev–Trinajstić information content (AvgIpc) is 2.61. The molecule has 0 radical (unpaired) electrons. The Morgan fingerprint density at radius 3 is 2.60 bits per heavy atom. The van der Waals surface area contributed by atoms with E-state index in [1.165, 1.54) is 16.5 Å². The molecule has 0 amide bonds. The van der Waals surface area contributed by atoms with Crippen molar-refractivity contribution in [3.63, 3.8) is 0 Å². The predicted octanol–water partition coefficient (Wildman–Crippen LogP) is 2.75. The van der Waals surface area contributed by atoms with Crippen molar-refractivity contribution in [1.82, 2.24) is 4.98 Å². The number of nitrogens with one attached hydrogen (secondary N) is 1. The largest absolute Gasteiger partial charge is 0.361 e. The first kappa shape index (κ1) is 8.98. The molecule has 1 heterocycles. The van der Waals surface area contributed by atoms with Crippen LogP contribution in [-0.2, 0) is 5.54 Å². The molecule has 1 atom stereocenters. The molecule has 3 rings (SSSR count). The molecule has 2 aromatic rings. The number of hydrogen-bond donors (Lipinski definition) is 2. The summed E-state index contributed by atoms with van der Waals surface area (Å²) in [5.41, 5.74) is 8.99. The molecular weight excluding hydrogens is 184 g/mol. The zero-order chi connectivity index (χ0) is 10.7. The number of nitrogens with two attached hydrogens (primary N) is 1. The number of hydrogen-bond acceptors (Lipinski definition) is 1. The van der Waals surface area contributed by atoms with Crippen molar-refractivity contribution in [2.75, 3.05) is 0 Å². The Balaban J connectivity index is 2.21. The Kier molecular flexibility index (Phi) is 1.47. The Morgan fingerprint density at radius 2 is 1.93 bits per heavy atom. The van der Waals surface area contributed by atoms with Gasteiger partial charge in [-0.05, 0) is 23.5 Å². The van der Waals surface area contributed by atoms with E-state index in [4.69, 9.17) is 5.73 Å². The van der Waals surface area contributed by atoms with Gasteiger partial charge in [0, 0.05) is 22.6 Å². The van der Waals surface area contributed by atoms with Crippen molar-refractivity contribution < 1.29 is 0 Å². The second kappa shape index (κ2) is 2.45. The summed E-state index contributed by atoms with van der Waals surface area (Å²) in [4.78, 5) is 3.29. The summed E-state index contributed by atoms with van der Waals surface area (Å²) in [5, 5.41) is 1.27. The number of para-hydroxylation sites is 1. The maximum atomic E-state index is 6.44. The molecule has 78 valence electrons. The SMILES string of the molecule is CC1(C)CC1(N)c1c[nH]c2ccccc12. The van der Waals surface area contributed by atoms with E-state index in [0.717, 1.165) is 6.42 Å². The first-order valence-electron chi connectivity index (χ1n) is 5.40. The van der Waals surface area contributed by atoms with E-state index < -0.39 is 0 Å². The second-order valence-corrected chi connectivity index (χ2v) is 5.28. The van der Waals surface area contributed by atoms with E-state index in [2.05, 4.69) is 43.2 Å². The number of fused-ring (bicyclic) bond motifs is 1. The van der Waals surface area contributed by atoms with E-state index in [0.29, 0.717) is 0 Å². The zero-order valence-corrected chi connectivity index (χ0v) is 9.17.